The third-order valence-electron chi connectivity index (χ3n) is 2.79. The van der Waals surface area contributed by atoms with Gasteiger partial charge in [0.05, 0.1) is 4.92 Å². The number of carbonyl (C=O) groups is 1. The molecule has 0 aromatic heterocycles. The molecule has 3 N–H and O–H groups in total. The number of nitro groups is 1. The van der Waals surface area contributed by atoms with Gasteiger partial charge in [-0.1, -0.05) is 28.8 Å². The highest BCUT2D eigenvalue weighted by Crippen LogP contribution is 2.28. The van der Waals surface area contributed by atoms with Gasteiger partial charge in [0.15, 0.2) is 0 Å². The van der Waals surface area contributed by atoms with Crippen molar-refractivity contribution in [1.82, 2.24) is 0 Å². The Balaban J connectivity index is 2.51. The average molecular weight is 344 g/mol. The van der Waals surface area contributed by atoms with Crippen molar-refractivity contribution in [2.45, 2.75) is 32.1 Å². The zero-order valence-electron chi connectivity index (χ0n) is 11.1. The van der Waals surface area contributed by atoms with Crippen molar-refractivity contribution in [3.05, 3.63) is 32.8 Å². The number of amides is 1. The van der Waals surface area contributed by atoms with E-state index in [0.29, 0.717) is 17.4 Å². The maximum absolute atomic E-state index is 11.7. The maximum atomic E-state index is 11.7. The number of rotatable bonds is 8. The van der Waals surface area contributed by atoms with Crippen molar-refractivity contribution in [3.63, 3.8) is 0 Å². The molecule has 6 nitrogen and oxygen atoms in total. The van der Waals surface area contributed by atoms with E-state index in [1.165, 1.54) is 12.1 Å². The summed E-state index contributed by atoms with van der Waals surface area (Å²) in [5, 5.41) is 13.5. The van der Waals surface area contributed by atoms with E-state index in [9.17, 15) is 14.9 Å². The number of hydrogen-bond donors (Lipinski definition) is 2. The van der Waals surface area contributed by atoms with E-state index in [0.717, 1.165) is 25.7 Å². The van der Waals surface area contributed by atoms with Crippen molar-refractivity contribution in [1.29, 1.82) is 0 Å². The Morgan fingerprint density at radius 1 is 1.30 bits per heavy atom. The summed E-state index contributed by atoms with van der Waals surface area (Å²) in [5.41, 5.74) is 5.49. The SMILES string of the molecule is NCCCCCCC(=O)Nc1ccc(Br)cc1[N+](=O)[O-]. The second-order valence-electron chi connectivity index (χ2n) is 4.42. The molecular formula is C13H18BrN3O3. The Bertz CT molecular complexity index is 480. The minimum Gasteiger partial charge on any atom is -0.330 e. The van der Waals surface area contributed by atoms with E-state index < -0.39 is 4.92 Å². The molecular weight excluding hydrogens is 326 g/mol. The van der Waals surface area contributed by atoms with Crippen molar-refractivity contribution >= 4 is 33.2 Å². The van der Waals surface area contributed by atoms with Crippen LogP contribution in [-0.4, -0.2) is 17.4 Å². The van der Waals surface area contributed by atoms with Crippen molar-refractivity contribution < 1.29 is 9.72 Å². The summed E-state index contributed by atoms with van der Waals surface area (Å²) in [7, 11) is 0. The van der Waals surface area contributed by atoms with Crippen LogP contribution in [0.3, 0.4) is 0 Å². The predicted molar refractivity (Wildman–Crippen MR) is 81.6 cm³/mol. The van der Waals surface area contributed by atoms with Crippen LogP contribution in [0.5, 0.6) is 0 Å². The minimum absolute atomic E-state index is 0.115. The number of nitrogens with one attached hydrogen (secondary N) is 1. The normalized spacial score (nSPS) is 10.3. The molecule has 1 amide bonds. The zero-order chi connectivity index (χ0) is 15.0. The highest BCUT2D eigenvalue weighted by Gasteiger charge is 2.15. The van der Waals surface area contributed by atoms with E-state index in [-0.39, 0.29) is 17.3 Å². The molecule has 0 saturated carbocycles. The topological polar surface area (TPSA) is 98.3 Å². The molecule has 0 aliphatic rings. The maximum Gasteiger partial charge on any atom is 0.293 e. The number of nitrogens with two attached hydrogens (primary N) is 1. The number of halogens is 1. The molecule has 20 heavy (non-hydrogen) atoms. The summed E-state index contributed by atoms with van der Waals surface area (Å²) in [4.78, 5) is 22.1. The molecule has 0 aliphatic carbocycles. The summed E-state index contributed by atoms with van der Waals surface area (Å²) in [6.45, 7) is 0.664. The van der Waals surface area contributed by atoms with E-state index >= 15 is 0 Å². The molecule has 0 atom stereocenters. The summed E-state index contributed by atoms with van der Waals surface area (Å²) < 4.78 is 0.601. The lowest BCUT2D eigenvalue weighted by Gasteiger charge is -2.06. The van der Waals surface area contributed by atoms with Gasteiger partial charge in [-0.2, -0.15) is 0 Å². The summed E-state index contributed by atoms with van der Waals surface area (Å²) >= 11 is 3.17. The first kappa shape index (κ1) is 16.6. The van der Waals surface area contributed by atoms with Gasteiger partial charge in [0.25, 0.3) is 5.69 Å². The van der Waals surface area contributed by atoms with Gasteiger partial charge in [-0.3, -0.25) is 14.9 Å². The van der Waals surface area contributed by atoms with E-state index in [2.05, 4.69) is 21.2 Å². The monoisotopic (exact) mass is 343 g/mol. The highest BCUT2D eigenvalue weighted by atomic mass is 79.9. The number of unbranched alkanes of at least 4 members (excludes halogenated alkanes) is 3. The fourth-order valence-electron chi connectivity index (χ4n) is 1.76. The fourth-order valence-corrected chi connectivity index (χ4v) is 2.11. The number of carbonyl (C=O) groups excluding carboxylic acids is 1. The van der Waals surface area contributed by atoms with Gasteiger partial charge in [-0.05, 0) is 31.5 Å². The van der Waals surface area contributed by atoms with Crippen LogP contribution in [0.15, 0.2) is 22.7 Å². The zero-order valence-corrected chi connectivity index (χ0v) is 12.7. The second-order valence-corrected chi connectivity index (χ2v) is 5.34. The molecule has 0 aliphatic heterocycles. The highest BCUT2D eigenvalue weighted by molar-refractivity contribution is 9.10. The van der Waals surface area contributed by atoms with Gasteiger partial charge >= 0.3 is 0 Å². The molecule has 0 saturated heterocycles. The number of nitrogens with zero attached hydrogens (tertiary/aromatic N) is 1. The number of hydrogen-bond acceptors (Lipinski definition) is 4. The predicted octanol–water partition coefficient (Wildman–Crippen LogP) is 3.21. The minimum atomic E-state index is -0.512. The Morgan fingerprint density at radius 2 is 2.00 bits per heavy atom. The molecule has 0 spiro atoms. The molecule has 0 fully saturated rings. The first-order chi connectivity index (χ1) is 9.54. The third-order valence-corrected chi connectivity index (χ3v) is 3.28. The Morgan fingerprint density at radius 3 is 2.65 bits per heavy atom. The van der Waals surface area contributed by atoms with Crippen LogP contribution in [0, 0.1) is 10.1 Å². The molecule has 1 rings (SSSR count). The molecule has 7 heteroatoms. The lowest BCUT2D eigenvalue weighted by molar-refractivity contribution is -0.384. The molecule has 0 unspecified atom stereocenters. The number of anilines is 1. The van der Waals surface area contributed by atoms with Crippen molar-refractivity contribution in [2.24, 2.45) is 5.73 Å². The molecule has 0 bridgehead atoms. The second kappa shape index (κ2) is 8.65. The molecule has 110 valence electrons. The van der Waals surface area contributed by atoms with Crippen LogP contribution in [0.25, 0.3) is 0 Å². The first-order valence-electron chi connectivity index (χ1n) is 6.48. The largest absolute Gasteiger partial charge is 0.330 e. The van der Waals surface area contributed by atoms with E-state index in [4.69, 9.17) is 5.73 Å². The standard InChI is InChI=1S/C13H18BrN3O3/c14-10-6-7-11(12(9-10)17(19)20)16-13(18)5-3-1-2-4-8-15/h6-7,9H,1-5,8,15H2,(H,16,18). The van der Waals surface area contributed by atoms with Gasteiger partial charge in [0.2, 0.25) is 5.91 Å². The van der Waals surface area contributed by atoms with E-state index in [1.54, 1.807) is 6.07 Å². The molecule has 1 aromatic carbocycles. The van der Waals surface area contributed by atoms with Gasteiger partial charge in [-0.15, -0.1) is 0 Å². The van der Waals surface area contributed by atoms with Crippen LogP contribution in [0.2, 0.25) is 0 Å². The molecule has 1 aromatic rings. The van der Waals surface area contributed by atoms with Gasteiger partial charge in [0.1, 0.15) is 5.69 Å². The first-order valence-corrected chi connectivity index (χ1v) is 7.27. The summed E-state index contributed by atoms with van der Waals surface area (Å²) in [5.74, 6) is -0.205. The third kappa shape index (κ3) is 5.66. The van der Waals surface area contributed by atoms with Crippen LogP contribution >= 0.6 is 15.9 Å². The molecule has 0 heterocycles. The quantitative estimate of drug-likeness (QED) is 0.430. The Kier molecular flexibility index (Phi) is 7.17. The summed E-state index contributed by atoms with van der Waals surface area (Å²) in [6, 6.07) is 4.55. The Labute approximate surface area is 126 Å². The smallest absolute Gasteiger partial charge is 0.293 e. The summed E-state index contributed by atoms with van der Waals surface area (Å²) in [6.07, 6.45) is 4.02. The Hall–Kier alpha value is -1.47. The van der Waals surface area contributed by atoms with Crippen LogP contribution < -0.4 is 11.1 Å². The molecule has 0 radical (unpaired) electrons. The number of nitro benzene ring substituents is 1. The lowest BCUT2D eigenvalue weighted by atomic mass is 10.1. The average Bonchev–Trinajstić information content (AvgIpc) is 2.40. The number of benzene rings is 1. The van der Waals surface area contributed by atoms with Crippen molar-refractivity contribution in [3.8, 4) is 0 Å². The van der Waals surface area contributed by atoms with Crippen molar-refractivity contribution in [2.75, 3.05) is 11.9 Å². The van der Waals surface area contributed by atoms with Gasteiger partial charge in [0, 0.05) is 17.0 Å². The lowest BCUT2D eigenvalue weighted by Crippen LogP contribution is -2.12. The fraction of sp³-hybridized carbons (Fsp3) is 0.462. The van der Waals surface area contributed by atoms with Crippen LogP contribution in [0.1, 0.15) is 32.1 Å². The van der Waals surface area contributed by atoms with Gasteiger partial charge in [-0.25, -0.2) is 0 Å². The van der Waals surface area contributed by atoms with Crippen LogP contribution in [0.4, 0.5) is 11.4 Å². The van der Waals surface area contributed by atoms with Crippen LogP contribution in [-0.2, 0) is 4.79 Å². The van der Waals surface area contributed by atoms with E-state index in [1.807, 2.05) is 0 Å². The van der Waals surface area contributed by atoms with Gasteiger partial charge < -0.3 is 11.1 Å².